The zero-order chi connectivity index (χ0) is 12.5. The third-order valence-electron chi connectivity index (χ3n) is 3.26. The van der Waals surface area contributed by atoms with Gasteiger partial charge < -0.3 is 16.4 Å². The van der Waals surface area contributed by atoms with Crippen molar-refractivity contribution in [2.24, 2.45) is 11.5 Å². The number of thiophene rings is 1. The smallest absolute Gasteiger partial charge is 0.315 e. The van der Waals surface area contributed by atoms with Crippen LogP contribution in [0.3, 0.4) is 0 Å². The fraction of sp³-hybridized carbons (Fsp3) is 0.455. The third kappa shape index (κ3) is 2.00. The summed E-state index contributed by atoms with van der Waals surface area (Å²) in [6.07, 6.45) is 1.81. The van der Waals surface area contributed by atoms with Crippen LogP contribution in [0.5, 0.6) is 0 Å². The number of nitrogens with zero attached hydrogens (tertiary/aromatic N) is 1. The van der Waals surface area contributed by atoms with Gasteiger partial charge in [-0.3, -0.25) is 4.79 Å². The first-order valence-corrected chi connectivity index (χ1v) is 6.33. The number of carbonyl (C=O) groups is 2. The van der Waals surface area contributed by atoms with E-state index < -0.39 is 17.5 Å². The third-order valence-corrected chi connectivity index (χ3v) is 4.14. The summed E-state index contributed by atoms with van der Waals surface area (Å²) in [5, 5.41) is 1.94. The van der Waals surface area contributed by atoms with Gasteiger partial charge in [-0.05, 0) is 24.3 Å². The Bertz CT molecular complexity index is 432. The molecule has 0 bridgehead atoms. The van der Waals surface area contributed by atoms with Crippen LogP contribution in [-0.4, -0.2) is 28.9 Å². The van der Waals surface area contributed by atoms with Crippen LogP contribution in [0.15, 0.2) is 17.5 Å². The Hall–Kier alpha value is -1.56. The molecule has 1 aromatic heterocycles. The van der Waals surface area contributed by atoms with E-state index >= 15 is 0 Å². The summed E-state index contributed by atoms with van der Waals surface area (Å²) in [7, 11) is 0. The van der Waals surface area contributed by atoms with E-state index in [0.717, 1.165) is 11.3 Å². The molecule has 92 valence electrons. The summed E-state index contributed by atoms with van der Waals surface area (Å²) in [4.78, 5) is 25.6. The van der Waals surface area contributed by atoms with Crippen LogP contribution in [0.25, 0.3) is 0 Å². The predicted octanol–water partition coefficient (Wildman–Crippen LogP) is 0.689. The molecule has 3 amide bonds. The maximum atomic E-state index is 11.7. The molecule has 6 heteroatoms. The van der Waals surface area contributed by atoms with Gasteiger partial charge in [0.05, 0.1) is 0 Å². The summed E-state index contributed by atoms with van der Waals surface area (Å²) in [5.74, 6) is -0.470. The Morgan fingerprint density at radius 1 is 1.47 bits per heavy atom. The quantitative estimate of drug-likeness (QED) is 0.829. The van der Waals surface area contributed by atoms with Gasteiger partial charge in [0, 0.05) is 17.8 Å². The van der Waals surface area contributed by atoms with Crippen molar-refractivity contribution in [1.29, 1.82) is 0 Å². The number of primary amides is 2. The molecule has 5 nitrogen and oxygen atoms in total. The van der Waals surface area contributed by atoms with Crippen molar-refractivity contribution in [2.75, 3.05) is 6.54 Å². The molecular weight excluding hydrogens is 238 g/mol. The van der Waals surface area contributed by atoms with Gasteiger partial charge in [0.15, 0.2) is 0 Å². The van der Waals surface area contributed by atoms with Gasteiger partial charge in [-0.1, -0.05) is 6.07 Å². The number of likely N-dealkylation sites (tertiary alicyclic amines) is 1. The van der Waals surface area contributed by atoms with Crippen LogP contribution in [0.4, 0.5) is 4.79 Å². The van der Waals surface area contributed by atoms with E-state index in [4.69, 9.17) is 11.5 Å². The Balaban J connectivity index is 2.32. The zero-order valence-corrected chi connectivity index (χ0v) is 10.2. The summed E-state index contributed by atoms with van der Waals surface area (Å²) in [5.41, 5.74) is 9.88. The van der Waals surface area contributed by atoms with Crippen molar-refractivity contribution >= 4 is 23.3 Å². The molecule has 0 aromatic carbocycles. The number of amides is 3. The van der Waals surface area contributed by atoms with Crippen LogP contribution < -0.4 is 11.5 Å². The van der Waals surface area contributed by atoms with Crippen molar-refractivity contribution in [3.8, 4) is 0 Å². The number of rotatable bonds is 3. The minimum atomic E-state index is -0.934. The molecule has 0 spiro atoms. The van der Waals surface area contributed by atoms with Crippen LogP contribution in [-0.2, 0) is 11.2 Å². The molecule has 1 unspecified atom stereocenters. The van der Waals surface area contributed by atoms with Gasteiger partial charge in [0.2, 0.25) is 5.91 Å². The number of urea groups is 1. The lowest BCUT2D eigenvalue weighted by atomic mass is 9.90. The summed E-state index contributed by atoms with van der Waals surface area (Å²) in [6, 6.07) is 3.28. The first-order valence-electron chi connectivity index (χ1n) is 5.45. The lowest BCUT2D eigenvalue weighted by molar-refractivity contribution is -0.127. The molecule has 0 aliphatic carbocycles. The zero-order valence-electron chi connectivity index (χ0n) is 9.39. The largest absolute Gasteiger partial charge is 0.368 e. The second-order valence-corrected chi connectivity index (χ2v) is 5.28. The van der Waals surface area contributed by atoms with E-state index in [9.17, 15) is 9.59 Å². The summed E-state index contributed by atoms with van der Waals surface area (Å²) in [6.45, 7) is 0.504. The molecule has 2 heterocycles. The highest BCUT2D eigenvalue weighted by Gasteiger charge is 2.48. The lowest BCUT2D eigenvalue weighted by Gasteiger charge is -2.34. The Labute approximate surface area is 103 Å². The SMILES string of the molecule is NC(=O)N1CCCC1(Cc1cccs1)C(N)=O. The molecule has 1 aliphatic rings. The fourth-order valence-corrected chi connectivity index (χ4v) is 3.24. The second kappa shape index (κ2) is 4.37. The minimum absolute atomic E-state index is 0.461. The second-order valence-electron chi connectivity index (χ2n) is 4.25. The van der Waals surface area contributed by atoms with E-state index in [-0.39, 0.29) is 0 Å². The van der Waals surface area contributed by atoms with E-state index in [1.807, 2.05) is 17.5 Å². The number of nitrogens with two attached hydrogens (primary N) is 2. The van der Waals surface area contributed by atoms with Gasteiger partial charge in [0.25, 0.3) is 0 Å². The molecule has 1 fully saturated rings. The Morgan fingerprint density at radius 2 is 2.24 bits per heavy atom. The van der Waals surface area contributed by atoms with Gasteiger partial charge in [-0.2, -0.15) is 0 Å². The first-order chi connectivity index (χ1) is 8.06. The van der Waals surface area contributed by atoms with Crippen molar-refractivity contribution in [3.63, 3.8) is 0 Å². The predicted molar refractivity (Wildman–Crippen MR) is 65.5 cm³/mol. The Kier molecular flexibility index (Phi) is 3.06. The van der Waals surface area contributed by atoms with Crippen molar-refractivity contribution < 1.29 is 9.59 Å². The molecule has 1 saturated heterocycles. The topological polar surface area (TPSA) is 89.4 Å². The minimum Gasteiger partial charge on any atom is -0.368 e. The van der Waals surface area contributed by atoms with E-state index in [1.165, 1.54) is 4.90 Å². The molecule has 4 N–H and O–H groups in total. The first kappa shape index (κ1) is 11.9. The molecule has 1 aliphatic heterocycles. The number of carbonyl (C=O) groups excluding carboxylic acids is 2. The van der Waals surface area contributed by atoms with Gasteiger partial charge in [-0.15, -0.1) is 11.3 Å². The van der Waals surface area contributed by atoms with Crippen LogP contribution >= 0.6 is 11.3 Å². The molecule has 1 atom stereocenters. The van der Waals surface area contributed by atoms with Gasteiger partial charge in [0.1, 0.15) is 5.54 Å². The molecule has 1 aromatic rings. The van der Waals surface area contributed by atoms with E-state index in [2.05, 4.69) is 0 Å². The molecule has 17 heavy (non-hydrogen) atoms. The average Bonchev–Trinajstić information content (AvgIpc) is 2.87. The molecule has 2 rings (SSSR count). The van der Waals surface area contributed by atoms with Gasteiger partial charge >= 0.3 is 6.03 Å². The van der Waals surface area contributed by atoms with E-state index in [1.54, 1.807) is 11.3 Å². The monoisotopic (exact) mass is 253 g/mol. The highest BCUT2D eigenvalue weighted by Crippen LogP contribution is 2.33. The Morgan fingerprint density at radius 3 is 2.76 bits per heavy atom. The highest BCUT2D eigenvalue weighted by molar-refractivity contribution is 7.09. The van der Waals surface area contributed by atoms with Crippen molar-refractivity contribution in [3.05, 3.63) is 22.4 Å². The van der Waals surface area contributed by atoms with Crippen molar-refractivity contribution in [1.82, 2.24) is 4.90 Å². The standard InChI is InChI=1S/C11H15N3O2S/c12-9(15)11(7-8-3-1-6-17-8)4-2-5-14(11)10(13)16/h1,3,6H,2,4-5,7H2,(H2,12,15)(H2,13,16). The normalized spacial score (nSPS) is 23.9. The maximum absolute atomic E-state index is 11.7. The van der Waals surface area contributed by atoms with Crippen LogP contribution in [0.2, 0.25) is 0 Å². The highest BCUT2D eigenvalue weighted by atomic mass is 32.1. The average molecular weight is 253 g/mol. The molecule has 0 saturated carbocycles. The maximum Gasteiger partial charge on any atom is 0.315 e. The summed E-state index contributed by atoms with van der Waals surface area (Å²) >= 11 is 1.55. The number of hydrogen-bond donors (Lipinski definition) is 2. The molecular formula is C11H15N3O2S. The summed E-state index contributed by atoms with van der Waals surface area (Å²) < 4.78 is 0. The lowest BCUT2D eigenvalue weighted by Crippen LogP contribution is -2.58. The number of hydrogen-bond acceptors (Lipinski definition) is 3. The van der Waals surface area contributed by atoms with Crippen molar-refractivity contribution in [2.45, 2.75) is 24.8 Å². The van der Waals surface area contributed by atoms with Crippen LogP contribution in [0.1, 0.15) is 17.7 Å². The fourth-order valence-electron chi connectivity index (χ4n) is 2.43. The van der Waals surface area contributed by atoms with Crippen LogP contribution in [0, 0.1) is 0 Å². The van der Waals surface area contributed by atoms with E-state index in [0.29, 0.717) is 19.4 Å². The molecule has 0 radical (unpaired) electrons. The van der Waals surface area contributed by atoms with Gasteiger partial charge in [-0.25, -0.2) is 4.79 Å².